The lowest BCUT2D eigenvalue weighted by atomic mass is 10.2. The zero-order valence-corrected chi connectivity index (χ0v) is 11.2. The number of hydrogen-bond donors (Lipinski definition) is 1. The fraction of sp³-hybridized carbons (Fsp3) is 0.0714. The summed E-state index contributed by atoms with van der Waals surface area (Å²) in [7, 11) is 0. The highest BCUT2D eigenvalue weighted by Gasteiger charge is 2.00. The van der Waals surface area contributed by atoms with Crippen molar-refractivity contribution < 1.29 is 5.11 Å². The Morgan fingerprint density at radius 3 is 2.56 bits per heavy atom. The van der Waals surface area contributed by atoms with Gasteiger partial charge in [0, 0.05) is 16.8 Å². The van der Waals surface area contributed by atoms with Crippen LogP contribution in [0, 0.1) is 6.92 Å². The van der Waals surface area contributed by atoms with Gasteiger partial charge < -0.3 is 5.11 Å². The van der Waals surface area contributed by atoms with Gasteiger partial charge in [0.15, 0.2) is 0 Å². The number of halogens is 2. The maximum absolute atomic E-state index is 9.71. The Labute approximate surface area is 116 Å². The van der Waals surface area contributed by atoms with Crippen molar-refractivity contribution in [3.05, 3.63) is 57.6 Å². The van der Waals surface area contributed by atoms with Crippen LogP contribution in [0.15, 0.2) is 41.4 Å². The quantitative estimate of drug-likeness (QED) is 0.790. The van der Waals surface area contributed by atoms with Crippen LogP contribution in [-0.2, 0) is 0 Å². The molecule has 0 atom stereocenters. The molecule has 2 rings (SSSR count). The summed E-state index contributed by atoms with van der Waals surface area (Å²) in [6.07, 6.45) is 1.60. The summed E-state index contributed by atoms with van der Waals surface area (Å²) < 4.78 is 0. The summed E-state index contributed by atoms with van der Waals surface area (Å²) in [4.78, 5) is 4.21. The Hall–Kier alpha value is -1.51. The summed E-state index contributed by atoms with van der Waals surface area (Å²) in [5.74, 6) is 0.149. The van der Waals surface area contributed by atoms with Gasteiger partial charge in [-0.15, -0.1) is 0 Å². The molecule has 0 aromatic heterocycles. The second-order valence-electron chi connectivity index (χ2n) is 3.92. The van der Waals surface area contributed by atoms with E-state index < -0.39 is 0 Å². The van der Waals surface area contributed by atoms with Gasteiger partial charge in [-0.2, -0.15) is 0 Å². The molecule has 0 bridgehead atoms. The molecule has 0 aliphatic carbocycles. The molecular formula is C14H11Cl2NO. The van der Waals surface area contributed by atoms with E-state index >= 15 is 0 Å². The van der Waals surface area contributed by atoms with Crippen LogP contribution >= 0.6 is 23.2 Å². The van der Waals surface area contributed by atoms with E-state index in [0.29, 0.717) is 15.7 Å². The number of nitrogens with zero attached hydrogens (tertiary/aromatic N) is 1. The Kier molecular flexibility index (Phi) is 3.90. The van der Waals surface area contributed by atoms with Gasteiger partial charge in [-0.1, -0.05) is 35.3 Å². The first-order valence-corrected chi connectivity index (χ1v) is 6.10. The van der Waals surface area contributed by atoms with E-state index in [1.165, 1.54) is 0 Å². The highest BCUT2D eigenvalue weighted by molar-refractivity contribution is 6.36. The average Bonchev–Trinajstić information content (AvgIpc) is 2.30. The molecule has 0 heterocycles. The fourth-order valence-corrected chi connectivity index (χ4v) is 1.95. The van der Waals surface area contributed by atoms with Gasteiger partial charge in [0.05, 0.1) is 5.02 Å². The molecule has 0 amide bonds. The van der Waals surface area contributed by atoms with Gasteiger partial charge in [0.2, 0.25) is 0 Å². The van der Waals surface area contributed by atoms with E-state index in [2.05, 4.69) is 4.99 Å². The summed E-state index contributed by atoms with van der Waals surface area (Å²) in [6, 6.07) is 10.5. The zero-order valence-electron chi connectivity index (χ0n) is 9.69. The summed E-state index contributed by atoms with van der Waals surface area (Å²) in [5.41, 5.74) is 2.24. The van der Waals surface area contributed by atoms with E-state index in [9.17, 15) is 5.11 Å². The van der Waals surface area contributed by atoms with Crippen molar-refractivity contribution in [3.8, 4) is 5.75 Å². The first-order valence-electron chi connectivity index (χ1n) is 5.35. The average molecular weight is 280 g/mol. The first kappa shape index (κ1) is 12.9. The molecule has 2 aromatic rings. The number of aryl methyl sites for hydroxylation is 1. The molecule has 18 heavy (non-hydrogen) atoms. The third-order valence-electron chi connectivity index (χ3n) is 2.44. The van der Waals surface area contributed by atoms with Crippen LogP contribution in [0.1, 0.15) is 11.1 Å². The second kappa shape index (κ2) is 5.42. The van der Waals surface area contributed by atoms with Crippen LogP contribution in [0.4, 0.5) is 5.69 Å². The van der Waals surface area contributed by atoms with Crippen LogP contribution in [-0.4, -0.2) is 11.3 Å². The van der Waals surface area contributed by atoms with Crippen LogP contribution < -0.4 is 0 Å². The molecule has 0 fully saturated rings. The SMILES string of the molecule is Cc1ccc(N=Cc2ccc(Cl)cc2Cl)c(O)c1. The van der Waals surface area contributed by atoms with Crippen molar-refractivity contribution in [2.45, 2.75) is 6.92 Å². The zero-order chi connectivity index (χ0) is 13.1. The molecule has 0 aliphatic rings. The van der Waals surface area contributed by atoms with Gasteiger partial charge >= 0.3 is 0 Å². The molecule has 0 saturated heterocycles. The molecule has 1 N–H and O–H groups in total. The Morgan fingerprint density at radius 2 is 1.89 bits per heavy atom. The molecule has 92 valence electrons. The molecule has 4 heteroatoms. The third-order valence-corrected chi connectivity index (χ3v) is 3.00. The monoisotopic (exact) mass is 279 g/mol. The summed E-state index contributed by atoms with van der Waals surface area (Å²) in [5, 5.41) is 10.8. The smallest absolute Gasteiger partial charge is 0.141 e. The Balaban J connectivity index is 2.30. The third kappa shape index (κ3) is 3.03. The predicted molar refractivity (Wildman–Crippen MR) is 76.6 cm³/mol. The van der Waals surface area contributed by atoms with Crippen LogP contribution in [0.3, 0.4) is 0 Å². The lowest BCUT2D eigenvalue weighted by molar-refractivity contribution is 0.476. The maximum atomic E-state index is 9.71. The van der Waals surface area contributed by atoms with Crippen molar-refractivity contribution >= 4 is 35.1 Å². The van der Waals surface area contributed by atoms with E-state index in [4.69, 9.17) is 23.2 Å². The van der Waals surface area contributed by atoms with E-state index in [-0.39, 0.29) is 5.75 Å². The van der Waals surface area contributed by atoms with E-state index in [0.717, 1.165) is 11.1 Å². The minimum atomic E-state index is 0.149. The lowest BCUT2D eigenvalue weighted by Gasteiger charge is -2.01. The normalized spacial score (nSPS) is 11.1. The van der Waals surface area contributed by atoms with Gasteiger partial charge in [-0.05, 0) is 36.8 Å². The predicted octanol–water partition coefficient (Wildman–Crippen LogP) is 4.76. The molecule has 0 radical (unpaired) electrons. The maximum Gasteiger partial charge on any atom is 0.141 e. The van der Waals surface area contributed by atoms with Crippen LogP contribution in [0.5, 0.6) is 5.75 Å². The minimum absolute atomic E-state index is 0.149. The highest BCUT2D eigenvalue weighted by Crippen LogP contribution is 2.27. The van der Waals surface area contributed by atoms with Gasteiger partial charge in [-0.3, -0.25) is 4.99 Å². The lowest BCUT2D eigenvalue weighted by Crippen LogP contribution is -1.82. The van der Waals surface area contributed by atoms with Crippen molar-refractivity contribution in [1.29, 1.82) is 0 Å². The number of aromatic hydroxyl groups is 1. The largest absolute Gasteiger partial charge is 0.506 e. The summed E-state index contributed by atoms with van der Waals surface area (Å²) in [6.45, 7) is 1.91. The van der Waals surface area contributed by atoms with Gasteiger partial charge in [0.25, 0.3) is 0 Å². The van der Waals surface area contributed by atoms with Crippen LogP contribution in [0.2, 0.25) is 10.0 Å². The van der Waals surface area contributed by atoms with Crippen molar-refractivity contribution in [3.63, 3.8) is 0 Å². The molecule has 0 spiro atoms. The topological polar surface area (TPSA) is 32.6 Å². The van der Waals surface area contributed by atoms with Crippen molar-refractivity contribution in [2.75, 3.05) is 0 Å². The highest BCUT2D eigenvalue weighted by atomic mass is 35.5. The van der Waals surface area contributed by atoms with Crippen molar-refractivity contribution in [1.82, 2.24) is 0 Å². The standard InChI is InChI=1S/C14H11Cl2NO/c1-9-2-5-13(14(18)6-9)17-8-10-3-4-11(15)7-12(10)16/h2-8,18H,1H3. The first-order chi connectivity index (χ1) is 8.56. The molecule has 2 aromatic carbocycles. The molecule has 2 nitrogen and oxygen atoms in total. The van der Waals surface area contributed by atoms with E-state index in [1.807, 2.05) is 13.0 Å². The van der Waals surface area contributed by atoms with Gasteiger partial charge in [0.1, 0.15) is 11.4 Å². The Bertz CT molecular complexity index is 555. The Morgan fingerprint density at radius 1 is 1.11 bits per heavy atom. The fourth-order valence-electron chi connectivity index (χ4n) is 1.49. The summed E-state index contributed by atoms with van der Waals surface area (Å²) >= 11 is 11.8. The number of hydrogen-bond acceptors (Lipinski definition) is 2. The van der Waals surface area contributed by atoms with Crippen LogP contribution in [0.25, 0.3) is 0 Å². The number of benzene rings is 2. The molecule has 0 saturated carbocycles. The van der Waals surface area contributed by atoms with E-state index in [1.54, 1.807) is 36.5 Å². The molecular weight excluding hydrogens is 269 g/mol. The number of rotatable bonds is 2. The second-order valence-corrected chi connectivity index (χ2v) is 4.76. The van der Waals surface area contributed by atoms with Crippen molar-refractivity contribution in [2.24, 2.45) is 4.99 Å². The number of aliphatic imine (C=N–C) groups is 1. The minimum Gasteiger partial charge on any atom is -0.506 e. The van der Waals surface area contributed by atoms with Gasteiger partial charge in [-0.25, -0.2) is 0 Å². The number of phenolic OH excluding ortho intramolecular Hbond substituents is 1. The molecule has 0 aliphatic heterocycles. The molecule has 0 unspecified atom stereocenters. The number of phenols is 1.